The Balaban J connectivity index is 1.16. The first-order chi connectivity index (χ1) is 21.3. The summed E-state index contributed by atoms with van der Waals surface area (Å²) >= 11 is 0. The lowest BCUT2D eigenvalue weighted by Gasteiger charge is -2.30. The highest BCUT2D eigenvalue weighted by molar-refractivity contribution is 6.03. The van der Waals surface area contributed by atoms with Gasteiger partial charge in [0.25, 0.3) is 12.3 Å². The van der Waals surface area contributed by atoms with Crippen LogP contribution in [0.4, 0.5) is 20.3 Å². The molecule has 0 unspecified atom stereocenters. The highest BCUT2D eigenvalue weighted by Crippen LogP contribution is 2.36. The Kier molecular flexibility index (Phi) is 10.6. The van der Waals surface area contributed by atoms with Gasteiger partial charge in [-0.05, 0) is 76.0 Å². The molecule has 0 atom stereocenters. The minimum absolute atomic E-state index is 0.0419. The number of anilines is 2. The molecule has 2 saturated carbocycles. The molecule has 0 saturated heterocycles. The number of pyridine rings is 1. The number of hydrogen-bond acceptors (Lipinski definition) is 8. The molecule has 2 fully saturated rings. The second-order valence-electron chi connectivity index (χ2n) is 11.9. The van der Waals surface area contributed by atoms with Crippen molar-refractivity contribution >= 4 is 23.3 Å². The van der Waals surface area contributed by atoms with Crippen LogP contribution in [0.3, 0.4) is 0 Å². The quantitative estimate of drug-likeness (QED) is 0.187. The standard InChI is InChI=1S/C31H42F2N8O3/c1-40(15-5-3-2-4-13-34)31(43)21-8-10-23(11-9-21)41-18-24(27(39-41)28(32)33)37-29(42)25-19-44-30(38-25)22-12-14-35-26(16-22)36-17-20-6-7-20/h12,14,16,18-21,23,28H,2-11,13,15,17,34H2,1H3,(H,35,36)(H,37,42)/t21-,23-. The number of hydrogen-bond donors (Lipinski definition) is 3. The molecular formula is C31H42F2N8O3. The molecule has 2 amide bonds. The molecule has 4 N–H and O–H groups in total. The number of halogens is 2. The molecule has 0 radical (unpaired) electrons. The summed E-state index contributed by atoms with van der Waals surface area (Å²) in [6.45, 7) is 2.26. The zero-order chi connectivity index (χ0) is 31.1. The van der Waals surface area contributed by atoms with Crippen LogP contribution in [-0.2, 0) is 4.79 Å². The van der Waals surface area contributed by atoms with Crippen molar-refractivity contribution in [3.8, 4) is 11.5 Å². The Morgan fingerprint density at radius 1 is 1.14 bits per heavy atom. The number of nitrogens with one attached hydrogen (secondary N) is 2. The van der Waals surface area contributed by atoms with Crippen molar-refractivity contribution in [2.75, 3.05) is 37.3 Å². The number of aromatic nitrogens is 4. The second kappa shape index (κ2) is 14.7. The van der Waals surface area contributed by atoms with Gasteiger partial charge in [-0.15, -0.1) is 0 Å². The molecule has 2 aliphatic carbocycles. The van der Waals surface area contributed by atoms with E-state index in [1.54, 1.807) is 23.2 Å². The lowest BCUT2D eigenvalue weighted by Crippen LogP contribution is -2.36. The van der Waals surface area contributed by atoms with E-state index < -0.39 is 18.0 Å². The first kappa shape index (κ1) is 31.6. The van der Waals surface area contributed by atoms with E-state index >= 15 is 0 Å². The number of nitrogens with two attached hydrogens (primary N) is 1. The van der Waals surface area contributed by atoms with Crippen LogP contribution in [0.5, 0.6) is 0 Å². The number of oxazole rings is 1. The topological polar surface area (TPSA) is 144 Å². The largest absolute Gasteiger partial charge is 0.444 e. The molecule has 44 heavy (non-hydrogen) atoms. The number of carbonyl (C=O) groups is 2. The SMILES string of the molecule is CN(CCCCCCN)C(=O)[C@H]1CC[C@H](n2cc(NC(=O)c3coc(-c4ccnc(NCC5CC5)c4)n3)c(C(F)F)n2)CC1. The van der Waals surface area contributed by atoms with Crippen LogP contribution in [-0.4, -0.2) is 63.1 Å². The van der Waals surface area contributed by atoms with E-state index in [1.807, 2.05) is 7.05 Å². The monoisotopic (exact) mass is 612 g/mol. The number of unbranched alkanes of at least 4 members (excludes halogenated alkanes) is 3. The summed E-state index contributed by atoms with van der Waals surface area (Å²) in [5.74, 6) is 0.957. The number of alkyl halides is 2. The lowest BCUT2D eigenvalue weighted by atomic mass is 9.85. The van der Waals surface area contributed by atoms with Gasteiger partial charge in [0.2, 0.25) is 11.8 Å². The molecule has 11 nitrogen and oxygen atoms in total. The molecule has 0 bridgehead atoms. The van der Waals surface area contributed by atoms with Crippen LogP contribution in [0.2, 0.25) is 0 Å². The molecule has 0 aliphatic heterocycles. The first-order valence-electron chi connectivity index (χ1n) is 15.6. The smallest absolute Gasteiger partial charge is 0.284 e. The predicted octanol–water partition coefficient (Wildman–Crippen LogP) is 5.65. The fourth-order valence-electron chi connectivity index (χ4n) is 5.63. The van der Waals surface area contributed by atoms with Crippen LogP contribution in [0.25, 0.3) is 11.5 Å². The van der Waals surface area contributed by atoms with Crippen molar-refractivity contribution in [1.29, 1.82) is 0 Å². The molecule has 3 heterocycles. The predicted molar refractivity (Wildman–Crippen MR) is 162 cm³/mol. The maximum atomic E-state index is 13.9. The third kappa shape index (κ3) is 8.19. The van der Waals surface area contributed by atoms with Crippen molar-refractivity contribution in [3.63, 3.8) is 0 Å². The molecule has 238 valence electrons. The summed E-state index contributed by atoms with van der Waals surface area (Å²) in [4.78, 5) is 36.3. The van der Waals surface area contributed by atoms with Crippen molar-refractivity contribution < 1.29 is 22.8 Å². The normalized spacial score (nSPS) is 18.4. The van der Waals surface area contributed by atoms with Gasteiger partial charge in [-0.2, -0.15) is 5.10 Å². The van der Waals surface area contributed by atoms with Gasteiger partial charge in [0, 0.05) is 44.0 Å². The zero-order valence-corrected chi connectivity index (χ0v) is 25.2. The Labute approximate surface area is 256 Å². The zero-order valence-electron chi connectivity index (χ0n) is 25.2. The van der Waals surface area contributed by atoms with Crippen LogP contribution in [0, 0.1) is 11.8 Å². The van der Waals surface area contributed by atoms with E-state index in [0.717, 1.165) is 38.8 Å². The highest BCUT2D eigenvalue weighted by Gasteiger charge is 2.31. The van der Waals surface area contributed by atoms with Gasteiger partial charge in [0.1, 0.15) is 12.1 Å². The molecular weight excluding hydrogens is 570 g/mol. The Morgan fingerprint density at radius 3 is 2.64 bits per heavy atom. The summed E-state index contributed by atoms with van der Waals surface area (Å²) in [6, 6.07) is 3.37. The average Bonchev–Trinajstić information content (AvgIpc) is 3.55. The fraction of sp³-hybridized carbons (Fsp3) is 0.581. The summed E-state index contributed by atoms with van der Waals surface area (Å²) in [5, 5.41) is 9.97. The molecule has 2 aliphatic rings. The molecule has 3 aromatic rings. The van der Waals surface area contributed by atoms with E-state index in [1.165, 1.54) is 30.0 Å². The van der Waals surface area contributed by atoms with E-state index in [4.69, 9.17) is 10.2 Å². The highest BCUT2D eigenvalue weighted by atomic mass is 19.3. The number of carbonyl (C=O) groups excluding carboxylic acids is 2. The molecule has 13 heteroatoms. The maximum Gasteiger partial charge on any atom is 0.284 e. The maximum absolute atomic E-state index is 13.9. The third-order valence-corrected chi connectivity index (χ3v) is 8.47. The van der Waals surface area contributed by atoms with Gasteiger partial charge >= 0.3 is 0 Å². The molecule has 0 aromatic carbocycles. The number of amides is 2. The van der Waals surface area contributed by atoms with Gasteiger partial charge in [-0.25, -0.2) is 18.7 Å². The first-order valence-corrected chi connectivity index (χ1v) is 15.6. The van der Waals surface area contributed by atoms with Crippen molar-refractivity contribution in [2.24, 2.45) is 17.6 Å². The average molecular weight is 613 g/mol. The van der Waals surface area contributed by atoms with Gasteiger partial charge in [0.05, 0.1) is 11.7 Å². The fourth-order valence-corrected chi connectivity index (χ4v) is 5.63. The second-order valence-corrected chi connectivity index (χ2v) is 11.9. The molecule has 3 aromatic heterocycles. The van der Waals surface area contributed by atoms with Crippen LogP contribution in [0.1, 0.15) is 92.9 Å². The van der Waals surface area contributed by atoms with E-state index in [0.29, 0.717) is 49.5 Å². The molecule has 0 spiro atoms. The van der Waals surface area contributed by atoms with Crippen molar-refractivity contribution in [3.05, 3.63) is 42.2 Å². The minimum atomic E-state index is -2.88. The van der Waals surface area contributed by atoms with Gasteiger partial charge in [-0.3, -0.25) is 14.3 Å². The molecule has 5 rings (SSSR count). The van der Waals surface area contributed by atoms with E-state index in [9.17, 15) is 18.4 Å². The summed E-state index contributed by atoms with van der Waals surface area (Å²) in [7, 11) is 1.84. The van der Waals surface area contributed by atoms with Gasteiger partial charge < -0.3 is 25.7 Å². The number of nitrogens with zero attached hydrogens (tertiary/aromatic N) is 5. The van der Waals surface area contributed by atoms with Crippen LogP contribution >= 0.6 is 0 Å². The van der Waals surface area contributed by atoms with Gasteiger partial charge in [0.15, 0.2) is 11.4 Å². The Hall–Kier alpha value is -3.87. The Bertz CT molecular complexity index is 1400. The van der Waals surface area contributed by atoms with Crippen LogP contribution in [0.15, 0.2) is 35.2 Å². The lowest BCUT2D eigenvalue weighted by molar-refractivity contribution is -0.135. The van der Waals surface area contributed by atoms with Crippen molar-refractivity contribution in [2.45, 2.75) is 76.7 Å². The Morgan fingerprint density at radius 2 is 1.91 bits per heavy atom. The van der Waals surface area contributed by atoms with Gasteiger partial charge in [-0.1, -0.05) is 12.8 Å². The third-order valence-electron chi connectivity index (χ3n) is 8.47. The number of rotatable bonds is 15. The van der Waals surface area contributed by atoms with E-state index in [-0.39, 0.29) is 35.1 Å². The summed E-state index contributed by atoms with van der Waals surface area (Å²) < 4.78 is 34.9. The van der Waals surface area contributed by atoms with Crippen LogP contribution < -0.4 is 16.4 Å². The summed E-state index contributed by atoms with van der Waals surface area (Å²) in [6.07, 6.45) is 10.5. The minimum Gasteiger partial charge on any atom is -0.444 e. The van der Waals surface area contributed by atoms with E-state index in [2.05, 4.69) is 25.7 Å². The summed E-state index contributed by atoms with van der Waals surface area (Å²) in [5.41, 5.74) is 5.56. The van der Waals surface area contributed by atoms with Crippen molar-refractivity contribution in [1.82, 2.24) is 24.6 Å².